The van der Waals surface area contributed by atoms with Crippen molar-refractivity contribution in [1.82, 2.24) is 10.2 Å². The van der Waals surface area contributed by atoms with Crippen LogP contribution in [0.2, 0.25) is 0 Å². The first-order chi connectivity index (χ1) is 8.37. The second-order valence-corrected chi connectivity index (χ2v) is 7.76. The molecule has 2 nitrogen and oxygen atoms in total. The van der Waals surface area contributed by atoms with Gasteiger partial charge in [0.2, 0.25) is 0 Å². The smallest absolute Gasteiger partial charge is 0.0124 e. The van der Waals surface area contributed by atoms with E-state index in [1.54, 1.807) is 0 Å². The molecule has 0 radical (unpaired) electrons. The molecular formula is C16H32N2. The molecule has 2 rings (SSSR count). The van der Waals surface area contributed by atoms with E-state index >= 15 is 0 Å². The largest absolute Gasteiger partial charge is 0.312 e. The third-order valence-electron chi connectivity index (χ3n) is 5.13. The van der Waals surface area contributed by atoms with Gasteiger partial charge in [0.1, 0.15) is 0 Å². The Bertz CT molecular complexity index is 269. The summed E-state index contributed by atoms with van der Waals surface area (Å²) < 4.78 is 0. The van der Waals surface area contributed by atoms with Gasteiger partial charge < -0.3 is 5.32 Å². The van der Waals surface area contributed by atoms with Gasteiger partial charge in [0.25, 0.3) is 0 Å². The standard InChI is InChI=1S/C16H32N2/c1-12-6-7-15(13(12)2)18-9-8-14(11-18)10-17-16(3,4)5/h12-15,17H,6-11H2,1-5H3. The quantitative estimate of drug-likeness (QED) is 0.830. The van der Waals surface area contributed by atoms with Crippen LogP contribution in [0, 0.1) is 17.8 Å². The van der Waals surface area contributed by atoms with E-state index in [0.29, 0.717) is 0 Å². The summed E-state index contributed by atoms with van der Waals surface area (Å²) in [6, 6.07) is 0.875. The van der Waals surface area contributed by atoms with Crippen LogP contribution in [0.1, 0.15) is 53.9 Å². The molecule has 1 aliphatic heterocycles. The Morgan fingerprint density at radius 2 is 1.83 bits per heavy atom. The molecule has 0 amide bonds. The molecule has 18 heavy (non-hydrogen) atoms. The molecule has 106 valence electrons. The van der Waals surface area contributed by atoms with Crippen molar-refractivity contribution in [2.24, 2.45) is 17.8 Å². The van der Waals surface area contributed by atoms with E-state index in [-0.39, 0.29) is 5.54 Å². The Kier molecular flexibility index (Phi) is 4.38. The normalized spacial score (nSPS) is 38.5. The van der Waals surface area contributed by atoms with Crippen molar-refractivity contribution in [1.29, 1.82) is 0 Å². The molecule has 1 heterocycles. The minimum Gasteiger partial charge on any atom is -0.312 e. The van der Waals surface area contributed by atoms with Gasteiger partial charge in [-0.05, 0) is 70.9 Å². The highest BCUT2D eigenvalue weighted by Gasteiger charge is 2.37. The Hall–Kier alpha value is -0.0800. The predicted molar refractivity (Wildman–Crippen MR) is 78.8 cm³/mol. The van der Waals surface area contributed by atoms with E-state index in [1.165, 1.54) is 38.9 Å². The molecule has 2 fully saturated rings. The lowest BCUT2D eigenvalue weighted by molar-refractivity contribution is 0.185. The van der Waals surface area contributed by atoms with E-state index in [1.807, 2.05) is 0 Å². The van der Waals surface area contributed by atoms with Crippen molar-refractivity contribution >= 4 is 0 Å². The maximum absolute atomic E-state index is 3.67. The number of rotatable bonds is 3. The van der Waals surface area contributed by atoms with Gasteiger partial charge in [0, 0.05) is 18.1 Å². The zero-order valence-corrected chi connectivity index (χ0v) is 13.0. The molecule has 0 aromatic carbocycles. The van der Waals surface area contributed by atoms with E-state index in [2.05, 4.69) is 44.8 Å². The number of hydrogen-bond acceptors (Lipinski definition) is 2. The summed E-state index contributed by atoms with van der Waals surface area (Å²) in [6.07, 6.45) is 4.26. The van der Waals surface area contributed by atoms with E-state index in [4.69, 9.17) is 0 Å². The summed E-state index contributed by atoms with van der Waals surface area (Å²) in [5.74, 6) is 2.70. The summed E-state index contributed by atoms with van der Waals surface area (Å²) in [5, 5.41) is 3.67. The lowest BCUT2D eigenvalue weighted by Crippen LogP contribution is -2.41. The van der Waals surface area contributed by atoms with Crippen LogP contribution < -0.4 is 5.32 Å². The first-order valence-corrected chi connectivity index (χ1v) is 7.86. The van der Waals surface area contributed by atoms with E-state index in [9.17, 15) is 0 Å². The van der Waals surface area contributed by atoms with Crippen molar-refractivity contribution in [3.05, 3.63) is 0 Å². The minimum atomic E-state index is 0.266. The second-order valence-electron chi connectivity index (χ2n) is 7.76. The Labute approximate surface area is 114 Å². The summed E-state index contributed by atoms with van der Waals surface area (Å²) in [4.78, 5) is 2.78. The zero-order chi connectivity index (χ0) is 13.3. The van der Waals surface area contributed by atoms with Crippen LogP contribution in [0.5, 0.6) is 0 Å². The van der Waals surface area contributed by atoms with Crippen LogP contribution in [0.15, 0.2) is 0 Å². The van der Waals surface area contributed by atoms with Gasteiger partial charge in [-0.1, -0.05) is 13.8 Å². The average Bonchev–Trinajstić information content (AvgIpc) is 2.84. The fraction of sp³-hybridized carbons (Fsp3) is 1.00. The van der Waals surface area contributed by atoms with Crippen LogP contribution in [0.3, 0.4) is 0 Å². The van der Waals surface area contributed by atoms with E-state index < -0.39 is 0 Å². The monoisotopic (exact) mass is 252 g/mol. The van der Waals surface area contributed by atoms with E-state index in [0.717, 1.165) is 23.8 Å². The van der Waals surface area contributed by atoms with Gasteiger partial charge in [-0.2, -0.15) is 0 Å². The summed E-state index contributed by atoms with van der Waals surface area (Å²) >= 11 is 0. The number of likely N-dealkylation sites (tertiary alicyclic amines) is 1. The van der Waals surface area contributed by atoms with Crippen molar-refractivity contribution in [3.8, 4) is 0 Å². The first-order valence-electron chi connectivity index (χ1n) is 7.86. The average molecular weight is 252 g/mol. The number of hydrogen-bond donors (Lipinski definition) is 1. The van der Waals surface area contributed by atoms with Crippen LogP contribution in [0.25, 0.3) is 0 Å². The van der Waals surface area contributed by atoms with Crippen molar-refractivity contribution < 1.29 is 0 Å². The van der Waals surface area contributed by atoms with Gasteiger partial charge in [0.05, 0.1) is 0 Å². The molecule has 4 atom stereocenters. The molecule has 1 saturated carbocycles. The molecule has 2 heteroatoms. The molecule has 0 spiro atoms. The Morgan fingerprint density at radius 3 is 2.39 bits per heavy atom. The highest BCUT2D eigenvalue weighted by atomic mass is 15.2. The molecule has 2 aliphatic rings. The highest BCUT2D eigenvalue weighted by Crippen LogP contribution is 2.36. The van der Waals surface area contributed by atoms with Crippen molar-refractivity contribution in [2.45, 2.75) is 65.5 Å². The highest BCUT2D eigenvalue weighted by molar-refractivity contribution is 4.91. The Morgan fingerprint density at radius 1 is 1.11 bits per heavy atom. The SMILES string of the molecule is CC1CCC(N2CCC(CNC(C)(C)C)C2)C1C. The summed E-state index contributed by atoms with van der Waals surface area (Å²) in [7, 11) is 0. The third-order valence-corrected chi connectivity index (χ3v) is 5.13. The molecule has 4 unspecified atom stereocenters. The molecule has 0 aromatic heterocycles. The second kappa shape index (κ2) is 5.50. The van der Waals surface area contributed by atoms with Crippen molar-refractivity contribution in [3.63, 3.8) is 0 Å². The number of nitrogens with zero attached hydrogens (tertiary/aromatic N) is 1. The van der Waals surface area contributed by atoms with Crippen molar-refractivity contribution in [2.75, 3.05) is 19.6 Å². The molecule has 1 saturated heterocycles. The molecular weight excluding hydrogens is 220 g/mol. The predicted octanol–water partition coefficient (Wildman–Crippen LogP) is 3.13. The number of nitrogens with one attached hydrogen (secondary N) is 1. The molecule has 0 bridgehead atoms. The molecule has 1 aliphatic carbocycles. The maximum Gasteiger partial charge on any atom is 0.0124 e. The van der Waals surface area contributed by atoms with Gasteiger partial charge in [-0.25, -0.2) is 0 Å². The van der Waals surface area contributed by atoms with Crippen LogP contribution in [-0.4, -0.2) is 36.1 Å². The van der Waals surface area contributed by atoms with Gasteiger partial charge in [0.15, 0.2) is 0 Å². The zero-order valence-electron chi connectivity index (χ0n) is 13.0. The van der Waals surface area contributed by atoms with Gasteiger partial charge in [-0.15, -0.1) is 0 Å². The fourth-order valence-corrected chi connectivity index (χ4v) is 3.63. The van der Waals surface area contributed by atoms with Crippen LogP contribution in [0.4, 0.5) is 0 Å². The maximum atomic E-state index is 3.67. The molecule has 0 aromatic rings. The summed E-state index contributed by atoms with van der Waals surface area (Å²) in [5.41, 5.74) is 0.266. The Balaban J connectivity index is 1.78. The van der Waals surface area contributed by atoms with Gasteiger partial charge in [-0.3, -0.25) is 4.90 Å². The minimum absolute atomic E-state index is 0.266. The fourth-order valence-electron chi connectivity index (χ4n) is 3.63. The first kappa shape index (κ1) is 14.3. The molecule has 1 N–H and O–H groups in total. The van der Waals surface area contributed by atoms with Crippen LogP contribution in [-0.2, 0) is 0 Å². The summed E-state index contributed by atoms with van der Waals surface area (Å²) in [6.45, 7) is 15.5. The lowest BCUT2D eigenvalue weighted by Gasteiger charge is -2.29. The topological polar surface area (TPSA) is 15.3 Å². The lowest BCUT2D eigenvalue weighted by atomic mass is 9.97. The van der Waals surface area contributed by atoms with Gasteiger partial charge >= 0.3 is 0 Å². The van der Waals surface area contributed by atoms with Crippen LogP contribution >= 0.6 is 0 Å². The third kappa shape index (κ3) is 3.48.